The minimum absolute atomic E-state index is 0.0709. The fourth-order valence-electron chi connectivity index (χ4n) is 3.11. The van der Waals surface area contributed by atoms with Crippen LogP contribution in [0.4, 0.5) is 0 Å². The van der Waals surface area contributed by atoms with Crippen molar-refractivity contribution in [1.82, 2.24) is 5.32 Å². The number of carbonyl (C=O) groups is 2. The van der Waals surface area contributed by atoms with E-state index in [0.717, 1.165) is 11.8 Å². The van der Waals surface area contributed by atoms with E-state index in [-0.39, 0.29) is 24.7 Å². The van der Waals surface area contributed by atoms with Gasteiger partial charge in [0.05, 0.1) is 18.6 Å². The molecular formula is C17H19NO5. The quantitative estimate of drug-likeness (QED) is 0.855. The summed E-state index contributed by atoms with van der Waals surface area (Å²) in [5, 5.41) is 12.8. The Morgan fingerprint density at radius 3 is 2.70 bits per heavy atom. The van der Waals surface area contributed by atoms with Gasteiger partial charge in [-0.1, -0.05) is 18.2 Å². The molecule has 0 unspecified atom stereocenters. The van der Waals surface area contributed by atoms with Crippen molar-refractivity contribution < 1.29 is 23.8 Å². The molecule has 0 saturated heterocycles. The first-order chi connectivity index (χ1) is 11.0. The second-order valence-corrected chi connectivity index (χ2v) is 6.00. The number of hydrogen-bond acceptors (Lipinski definition) is 4. The Morgan fingerprint density at radius 1 is 1.35 bits per heavy atom. The van der Waals surface area contributed by atoms with E-state index < -0.39 is 11.5 Å². The first-order valence-corrected chi connectivity index (χ1v) is 7.58. The summed E-state index contributed by atoms with van der Waals surface area (Å²) in [5.74, 6) is -1.09. The van der Waals surface area contributed by atoms with Crippen LogP contribution in [0.5, 0.6) is 0 Å². The third-order valence-corrected chi connectivity index (χ3v) is 4.37. The van der Waals surface area contributed by atoms with Gasteiger partial charge in [-0.25, -0.2) is 0 Å². The topological polar surface area (TPSA) is 88.8 Å². The van der Waals surface area contributed by atoms with Gasteiger partial charge in [-0.3, -0.25) is 9.59 Å². The zero-order valence-corrected chi connectivity index (χ0v) is 12.9. The van der Waals surface area contributed by atoms with E-state index in [9.17, 15) is 9.59 Å². The van der Waals surface area contributed by atoms with Gasteiger partial charge in [-0.15, -0.1) is 0 Å². The number of carbonyl (C=O) groups excluding carboxylic acids is 1. The van der Waals surface area contributed by atoms with Gasteiger partial charge >= 0.3 is 5.97 Å². The number of carboxylic acids is 1. The summed E-state index contributed by atoms with van der Waals surface area (Å²) < 4.78 is 10.9. The van der Waals surface area contributed by atoms with Gasteiger partial charge in [0, 0.05) is 18.1 Å². The molecule has 6 heteroatoms. The minimum atomic E-state index is -0.910. The van der Waals surface area contributed by atoms with Crippen molar-refractivity contribution in [3.63, 3.8) is 0 Å². The number of para-hydroxylation sites is 1. The monoisotopic (exact) mass is 317 g/mol. The minimum Gasteiger partial charge on any atom is -0.481 e. The van der Waals surface area contributed by atoms with Crippen LogP contribution in [-0.2, 0) is 16.1 Å². The SMILES string of the molecule is COCc1c(C(=O)NC2(CC(=O)O)CCC2)oc2ccccc12. The van der Waals surface area contributed by atoms with Crippen molar-refractivity contribution >= 4 is 22.8 Å². The van der Waals surface area contributed by atoms with Gasteiger partial charge in [0.15, 0.2) is 5.76 Å². The maximum Gasteiger partial charge on any atom is 0.305 e. The van der Waals surface area contributed by atoms with Crippen molar-refractivity contribution in [1.29, 1.82) is 0 Å². The molecule has 1 heterocycles. The Balaban J connectivity index is 1.91. The van der Waals surface area contributed by atoms with E-state index in [0.29, 0.717) is 24.0 Å². The number of amides is 1. The Bertz CT molecular complexity index is 745. The number of benzene rings is 1. The highest BCUT2D eigenvalue weighted by Crippen LogP contribution is 2.36. The Hall–Kier alpha value is -2.34. The van der Waals surface area contributed by atoms with Crippen molar-refractivity contribution in [2.75, 3.05) is 7.11 Å². The lowest BCUT2D eigenvalue weighted by atomic mass is 9.74. The normalized spacial score (nSPS) is 16.0. The molecule has 1 saturated carbocycles. The van der Waals surface area contributed by atoms with Gasteiger partial charge in [0.2, 0.25) is 0 Å². The lowest BCUT2D eigenvalue weighted by molar-refractivity contribution is -0.139. The summed E-state index contributed by atoms with van der Waals surface area (Å²) in [4.78, 5) is 23.7. The van der Waals surface area contributed by atoms with Crippen LogP contribution < -0.4 is 5.32 Å². The van der Waals surface area contributed by atoms with E-state index in [4.69, 9.17) is 14.3 Å². The highest BCUT2D eigenvalue weighted by atomic mass is 16.5. The molecule has 1 fully saturated rings. The molecule has 0 bridgehead atoms. The van der Waals surface area contributed by atoms with Crippen LogP contribution in [0.25, 0.3) is 11.0 Å². The first-order valence-electron chi connectivity index (χ1n) is 7.58. The van der Waals surface area contributed by atoms with Crippen LogP contribution in [0.15, 0.2) is 28.7 Å². The summed E-state index contributed by atoms with van der Waals surface area (Å²) in [6.07, 6.45) is 2.19. The number of aliphatic carboxylic acids is 1. The van der Waals surface area contributed by atoms with Crippen molar-refractivity contribution in [3.05, 3.63) is 35.6 Å². The molecule has 6 nitrogen and oxygen atoms in total. The van der Waals surface area contributed by atoms with Gasteiger partial charge in [-0.05, 0) is 25.3 Å². The number of hydrogen-bond donors (Lipinski definition) is 2. The molecule has 2 N–H and O–H groups in total. The molecule has 1 aromatic carbocycles. The average molecular weight is 317 g/mol. The highest BCUT2D eigenvalue weighted by Gasteiger charge is 2.41. The molecule has 0 atom stereocenters. The smallest absolute Gasteiger partial charge is 0.305 e. The lowest BCUT2D eigenvalue weighted by Crippen LogP contribution is -2.54. The zero-order valence-electron chi connectivity index (χ0n) is 12.9. The van der Waals surface area contributed by atoms with E-state index in [1.54, 1.807) is 13.2 Å². The maximum absolute atomic E-state index is 12.6. The molecule has 1 amide bonds. The van der Waals surface area contributed by atoms with Crippen molar-refractivity contribution in [2.24, 2.45) is 0 Å². The largest absolute Gasteiger partial charge is 0.481 e. The second kappa shape index (κ2) is 6.04. The van der Waals surface area contributed by atoms with Gasteiger partial charge in [0.25, 0.3) is 5.91 Å². The van der Waals surface area contributed by atoms with Crippen LogP contribution in [0.1, 0.15) is 41.8 Å². The zero-order chi connectivity index (χ0) is 16.4. The molecule has 3 rings (SSSR count). The predicted molar refractivity (Wildman–Crippen MR) is 83.2 cm³/mol. The van der Waals surface area contributed by atoms with Gasteiger partial charge in [0.1, 0.15) is 5.58 Å². The van der Waals surface area contributed by atoms with Gasteiger partial charge < -0.3 is 19.6 Å². The fraction of sp³-hybridized carbons (Fsp3) is 0.412. The van der Waals surface area contributed by atoms with Crippen LogP contribution in [0.3, 0.4) is 0 Å². The lowest BCUT2D eigenvalue weighted by Gasteiger charge is -2.41. The number of ether oxygens (including phenoxy) is 1. The molecule has 1 aliphatic rings. The highest BCUT2D eigenvalue weighted by molar-refractivity contribution is 5.99. The average Bonchev–Trinajstić information content (AvgIpc) is 2.84. The fourth-order valence-corrected chi connectivity index (χ4v) is 3.11. The summed E-state index contributed by atoms with van der Waals surface area (Å²) in [7, 11) is 1.56. The molecule has 1 aromatic heterocycles. The molecular weight excluding hydrogens is 298 g/mol. The van der Waals surface area contributed by atoms with Crippen LogP contribution in [-0.4, -0.2) is 29.6 Å². The van der Waals surface area contributed by atoms with Crippen LogP contribution in [0, 0.1) is 0 Å². The number of methoxy groups -OCH3 is 1. The number of carboxylic acid groups (broad SMARTS) is 1. The van der Waals surface area contributed by atoms with E-state index in [1.807, 2.05) is 18.2 Å². The standard InChI is InChI=1S/C17H19NO5/c1-22-10-12-11-5-2-3-6-13(11)23-15(12)16(21)18-17(7-4-8-17)9-14(19)20/h2-3,5-6H,4,7-10H2,1H3,(H,18,21)(H,19,20). The number of fused-ring (bicyclic) bond motifs is 1. The predicted octanol–water partition coefficient (Wildman–Crippen LogP) is 2.71. The summed E-state index contributed by atoms with van der Waals surface area (Å²) in [6.45, 7) is 0.256. The first kappa shape index (κ1) is 15.6. The molecule has 23 heavy (non-hydrogen) atoms. The summed E-state index contributed by atoms with van der Waals surface area (Å²) >= 11 is 0. The molecule has 0 radical (unpaired) electrons. The maximum atomic E-state index is 12.6. The molecule has 2 aromatic rings. The Kier molecular flexibility index (Phi) is 4.09. The molecule has 1 aliphatic carbocycles. The van der Waals surface area contributed by atoms with E-state index in [1.165, 1.54) is 0 Å². The number of rotatable bonds is 6. The molecule has 122 valence electrons. The second-order valence-electron chi connectivity index (χ2n) is 6.00. The molecule has 0 spiro atoms. The summed E-state index contributed by atoms with van der Waals surface area (Å²) in [6, 6.07) is 7.38. The molecule has 0 aliphatic heterocycles. The van der Waals surface area contributed by atoms with Crippen molar-refractivity contribution in [3.8, 4) is 0 Å². The van der Waals surface area contributed by atoms with Gasteiger partial charge in [-0.2, -0.15) is 0 Å². The van der Waals surface area contributed by atoms with E-state index >= 15 is 0 Å². The van der Waals surface area contributed by atoms with Crippen LogP contribution >= 0.6 is 0 Å². The summed E-state index contributed by atoms with van der Waals surface area (Å²) in [5.41, 5.74) is 0.641. The Morgan fingerprint density at radius 2 is 2.09 bits per heavy atom. The number of furan rings is 1. The van der Waals surface area contributed by atoms with E-state index in [2.05, 4.69) is 5.32 Å². The number of nitrogens with one attached hydrogen (secondary N) is 1. The van der Waals surface area contributed by atoms with Crippen molar-refractivity contribution in [2.45, 2.75) is 37.8 Å². The van der Waals surface area contributed by atoms with Crippen LogP contribution in [0.2, 0.25) is 0 Å². The third-order valence-electron chi connectivity index (χ3n) is 4.37. The third kappa shape index (κ3) is 2.94. The Labute approximate surface area is 133 Å².